The first-order valence-corrected chi connectivity index (χ1v) is 13.4. The van der Waals surface area contributed by atoms with E-state index in [9.17, 15) is 18.0 Å². The molecule has 9 nitrogen and oxygen atoms in total. The summed E-state index contributed by atoms with van der Waals surface area (Å²) < 4.78 is 33.2. The van der Waals surface area contributed by atoms with Gasteiger partial charge in [-0.15, -0.1) is 0 Å². The highest BCUT2D eigenvalue weighted by molar-refractivity contribution is 7.92. The van der Waals surface area contributed by atoms with Crippen molar-refractivity contribution in [1.29, 1.82) is 0 Å². The number of fused-ring (bicyclic) bond motifs is 1. The van der Waals surface area contributed by atoms with E-state index >= 15 is 0 Å². The van der Waals surface area contributed by atoms with Crippen molar-refractivity contribution < 1.29 is 17.9 Å². The number of H-pyrrole nitrogens is 1. The predicted octanol–water partition coefficient (Wildman–Crippen LogP) is 2.54. The predicted molar refractivity (Wildman–Crippen MR) is 140 cm³/mol. The largest absolute Gasteiger partial charge is 0.379 e. The maximum absolute atomic E-state index is 13.3. The molecule has 1 amide bonds. The molecule has 0 spiro atoms. The highest BCUT2D eigenvalue weighted by Gasteiger charge is 2.23. The molecular formula is C26H32N4O5S. The van der Waals surface area contributed by atoms with Crippen LogP contribution in [0.5, 0.6) is 0 Å². The van der Waals surface area contributed by atoms with E-state index in [0.29, 0.717) is 43.4 Å². The smallest absolute Gasteiger partial charge is 0.264 e. The van der Waals surface area contributed by atoms with E-state index in [4.69, 9.17) is 4.74 Å². The highest BCUT2D eigenvalue weighted by Crippen LogP contribution is 2.25. The highest BCUT2D eigenvalue weighted by atomic mass is 32.2. The number of sulfonamides is 1. The number of aromatic nitrogens is 1. The fourth-order valence-electron chi connectivity index (χ4n) is 4.14. The van der Waals surface area contributed by atoms with Crippen molar-refractivity contribution in [3.8, 4) is 0 Å². The molecule has 0 saturated carbocycles. The molecule has 1 aromatic heterocycles. The second kappa shape index (κ2) is 10.8. The number of carbonyl (C=O) groups excluding carboxylic acids is 1. The van der Waals surface area contributed by atoms with E-state index in [2.05, 4.69) is 29.0 Å². The Hall–Kier alpha value is -3.21. The fourth-order valence-corrected chi connectivity index (χ4v) is 5.36. The Morgan fingerprint density at radius 1 is 1.14 bits per heavy atom. The van der Waals surface area contributed by atoms with Gasteiger partial charge in [-0.05, 0) is 41.8 Å². The molecule has 0 unspecified atom stereocenters. The molecule has 4 rings (SSSR count). The number of rotatable bonds is 8. The summed E-state index contributed by atoms with van der Waals surface area (Å²) in [7, 11) is -2.45. The molecule has 1 aliphatic heterocycles. The normalized spacial score (nSPS) is 14.8. The van der Waals surface area contributed by atoms with E-state index in [1.54, 1.807) is 18.2 Å². The summed E-state index contributed by atoms with van der Waals surface area (Å²) in [6.07, 6.45) is 1.37. The lowest BCUT2D eigenvalue weighted by molar-refractivity contribution is 0.0383. The second-order valence-corrected chi connectivity index (χ2v) is 11.1. The number of aromatic amines is 1. The average molecular weight is 513 g/mol. The maximum atomic E-state index is 13.3. The minimum absolute atomic E-state index is 0.0270. The molecule has 0 aliphatic carbocycles. The lowest BCUT2D eigenvalue weighted by Crippen LogP contribution is -2.41. The third-order valence-electron chi connectivity index (χ3n) is 6.50. The number of morpholine rings is 1. The Labute approximate surface area is 211 Å². The zero-order valence-electron chi connectivity index (χ0n) is 20.8. The van der Waals surface area contributed by atoms with Gasteiger partial charge < -0.3 is 15.0 Å². The van der Waals surface area contributed by atoms with Crippen LogP contribution in [0.15, 0.2) is 58.4 Å². The zero-order valence-corrected chi connectivity index (χ0v) is 21.6. The lowest BCUT2D eigenvalue weighted by atomic mass is 10.0. The Morgan fingerprint density at radius 3 is 2.50 bits per heavy atom. The summed E-state index contributed by atoms with van der Waals surface area (Å²) in [5.41, 5.74) is 1.50. The third-order valence-corrected chi connectivity index (χ3v) is 8.28. The lowest BCUT2D eigenvalue weighted by Gasteiger charge is -2.26. The molecule has 10 heteroatoms. The van der Waals surface area contributed by atoms with E-state index in [1.165, 1.54) is 29.7 Å². The van der Waals surface area contributed by atoms with Crippen molar-refractivity contribution >= 4 is 32.5 Å². The number of benzene rings is 2. The fraction of sp³-hybridized carbons (Fsp3) is 0.385. The first-order chi connectivity index (χ1) is 17.2. The number of hydrogen-bond donors (Lipinski definition) is 2. The van der Waals surface area contributed by atoms with Crippen molar-refractivity contribution in [1.82, 2.24) is 15.2 Å². The van der Waals surface area contributed by atoms with Gasteiger partial charge in [0.05, 0.1) is 23.8 Å². The molecule has 2 N–H and O–H groups in total. The summed E-state index contributed by atoms with van der Waals surface area (Å²) in [4.78, 5) is 30.9. The molecule has 1 aliphatic rings. The molecule has 3 aromatic rings. The summed E-state index contributed by atoms with van der Waals surface area (Å²) in [5, 5.41) is 2.92. The molecule has 192 valence electrons. The molecule has 0 atom stereocenters. The van der Waals surface area contributed by atoms with Crippen molar-refractivity contribution in [3.05, 3.63) is 70.0 Å². The van der Waals surface area contributed by atoms with Gasteiger partial charge >= 0.3 is 0 Å². The number of amides is 1. The quantitative estimate of drug-likeness (QED) is 0.480. The summed E-state index contributed by atoms with van der Waals surface area (Å²) in [6.45, 7) is 8.14. The number of anilines is 1. The third kappa shape index (κ3) is 5.45. The Kier molecular flexibility index (Phi) is 7.77. The van der Waals surface area contributed by atoms with Gasteiger partial charge in [0.25, 0.3) is 15.9 Å². The van der Waals surface area contributed by atoms with Crippen LogP contribution in [0.4, 0.5) is 5.69 Å². The van der Waals surface area contributed by atoms with Crippen LogP contribution in [0.25, 0.3) is 10.9 Å². The summed E-state index contributed by atoms with van der Waals surface area (Å²) >= 11 is 0. The molecule has 2 aromatic carbocycles. The van der Waals surface area contributed by atoms with Crippen molar-refractivity contribution in [2.45, 2.75) is 24.7 Å². The zero-order chi connectivity index (χ0) is 25.9. The minimum atomic E-state index is -3.93. The number of pyridine rings is 1. The van der Waals surface area contributed by atoms with Gasteiger partial charge in [-0.2, -0.15) is 0 Å². The number of carbonyl (C=O) groups is 1. The number of ether oxygens (including phenoxy) is 1. The monoisotopic (exact) mass is 512 g/mol. The minimum Gasteiger partial charge on any atom is -0.379 e. The second-order valence-electron chi connectivity index (χ2n) is 9.17. The average Bonchev–Trinajstić information content (AvgIpc) is 2.89. The number of nitrogens with zero attached hydrogens (tertiary/aromatic N) is 2. The first kappa shape index (κ1) is 25.9. The SMILES string of the molecule is CC(C)c1ccc(N(C)S(=O)(=O)c2ccc3[nH]cc(C(=O)NCCN4CCOCC4)c(=O)c3c2)cc1. The molecule has 36 heavy (non-hydrogen) atoms. The van der Waals surface area contributed by atoms with Crippen LogP contribution in [-0.2, 0) is 14.8 Å². The van der Waals surface area contributed by atoms with Crippen molar-refractivity contribution in [3.63, 3.8) is 0 Å². The molecule has 0 radical (unpaired) electrons. The van der Waals surface area contributed by atoms with Crippen LogP contribution in [0.3, 0.4) is 0 Å². The van der Waals surface area contributed by atoms with Gasteiger partial charge in [0.15, 0.2) is 0 Å². The van der Waals surface area contributed by atoms with E-state index in [0.717, 1.165) is 18.7 Å². The van der Waals surface area contributed by atoms with E-state index in [1.807, 2.05) is 12.1 Å². The number of hydrogen-bond acceptors (Lipinski definition) is 6. The maximum Gasteiger partial charge on any atom is 0.264 e. The van der Waals surface area contributed by atoms with Gasteiger partial charge in [-0.25, -0.2) is 8.42 Å². The van der Waals surface area contributed by atoms with Crippen LogP contribution in [0.2, 0.25) is 0 Å². The van der Waals surface area contributed by atoms with Crippen LogP contribution in [0.1, 0.15) is 35.7 Å². The molecule has 2 heterocycles. The van der Waals surface area contributed by atoms with Crippen molar-refractivity contribution in [2.24, 2.45) is 0 Å². The molecule has 1 fully saturated rings. The Balaban J connectivity index is 1.55. The van der Waals surface area contributed by atoms with Gasteiger partial charge in [0, 0.05) is 50.3 Å². The van der Waals surface area contributed by atoms with E-state index < -0.39 is 21.4 Å². The molecule has 1 saturated heterocycles. The number of nitrogens with one attached hydrogen (secondary N) is 2. The summed E-state index contributed by atoms with van der Waals surface area (Å²) in [5.74, 6) is -0.166. The van der Waals surface area contributed by atoms with Gasteiger partial charge in [-0.3, -0.25) is 18.8 Å². The Bertz CT molecular complexity index is 1390. The van der Waals surface area contributed by atoms with Crippen molar-refractivity contribution in [2.75, 3.05) is 50.7 Å². The van der Waals surface area contributed by atoms with Gasteiger partial charge in [0.2, 0.25) is 5.43 Å². The first-order valence-electron chi connectivity index (χ1n) is 12.0. The van der Waals surface area contributed by atoms with Gasteiger partial charge in [-0.1, -0.05) is 26.0 Å². The van der Waals surface area contributed by atoms with E-state index in [-0.39, 0.29) is 15.8 Å². The van der Waals surface area contributed by atoms with Gasteiger partial charge in [0.1, 0.15) is 5.56 Å². The molecule has 0 bridgehead atoms. The topological polar surface area (TPSA) is 112 Å². The van der Waals surface area contributed by atoms with Crippen LogP contribution >= 0.6 is 0 Å². The van der Waals surface area contributed by atoms with Crippen LogP contribution < -0.4 is 15.1 Å². The van der Waals surface area contributed by atoms with Crippen LogP contribution in [-0.4, -0.2) is 70.6 Å². The Morgan fingerprint density at radius 2 is 1.83 bits per heavy atom. The summed E-state index contributed by atoms with van der Waals surface area (Å²) in [6, 6.07) is 11.7. The van der Waals surface area contributed by atoms with Crippen LogP contribution in [0, 0.1) is 0 Å². The standard InChI is InChI=1S/C26H32N4O5S/c1-18(2)19-4-6-20(7-5-19)29(3)36(33,34)21-8-9-24-22(16-21)25(31)23(17-28-24)26(32)27-10-11-30-12-14-35-15-13-30/h4-9,16-18H,10-15H2,1-3H3,(H,27,32)(H,28,31). The molecular weight excluding hydrogens is 480 g/mol.